The van der Waals surface area contributed by atoms with Crippen molar-refractivity contribution in [2.24, 2.45) is 11.8 Å². The van der Waals surface area contributed by atoms with Crippen LogP contribution in [0.4, 0.5) is 5.69 Å². The summed E-state index contributed by atoms with van der Waals surface area (Å²) in [6, 6.07) is 6.04. The highest BCUT2D eigenvalue weighted by Gasteiger charge is 2.43. The highest BCUT2D eigenvalue weighted by Crippen LogP contribution is 2.48. The molecule has 0 radical (unpaired) electrons. The molecule has 2 fully saturated rings. The molecule has 1 saturated carbocycles. The Labute approximate surface area is 163 Å². The average molecular weight is 393 g/mol. The lowest BCUT2D eigenvalue weighted by Crippen LogP contribution is -2.45. The summed E-state index contributed by atoms with van der Waals surface area (Å²) in [5.74, 6) is 1.16. The smallest absolute Gasteiger partial charge is 0.243 e. The molecule has 5 nitrogen and oxygen atoms in total. The molecule has 0 aromatic heterocycles. The van der Waals surface area contributed by atoms with Gasteiger partial charge in [0.05, 0.1) is 11.0 Å². The molecule has 1 aliphatic carbocycles. The van der Waals surface area contributed by atoms with Crippen molar-refractivity contribution in [3.63, 3.8) is 0 Å². The number of anilines is 1. The Morgan fingerprint density at radius 1 is 1.11 bits per heavy atom. The van der Waals surface area contributed by atoms with Gasteiger partial charge >= 0.3 is 0 Å². The van der Waals surface area contributed by atoms with Crippen molar-refractivity contribution in [2.45, 2.75) is 69.4 Å². The zero-order valence-electron chi connectivity index (χ0n) is 16.5. The number of benzene rings is 1. The number of sulfonamides is 1. The van der Waals surface area contributed by atoms with E-state index < -0.39 is 10.0 Å². The summed E-state index contributed by atoms with van der Waals surface area (Å²) in [6.45, 7) is 5.51. The molecular formula is C21H32N2O3S. The fourth-order valence-corrected chi connectivity index (χ4v) is 6.84. The van der Waals surface area contributed by atoms with Crippen LogP contribution < -0.4 is 5.32 Å². The van der Waals surface area contributed by atoms with Crippen molar-refractivity contribution in [2.75, 3.05) is 25.0 Å². The monoisotopic (exact) mass is 392 g/mol. The first-order valence-corrected chi connectivity index (χ1v) is 12.0. The Morgan fingerprint density at radius 2 is 1.85 bits per heavy atom. The lowest BCUT2D eigenvalue weighted by Gasteiger charge is -2.45. The summed E-state index contributed by atoms with van der Waals surface area (Å²) in [7, 11) is -3.45. The van der Waals surface area contributed by atoms with Gasteiger partial charge in [0.25, 0.3) is 0 Å². The van der Waals surface area contributed by atoms with Gasteiger partial charge in [-0.25, -0.2) is 8.42 Å². The molecule has 1 aromatic carbocycles. The molecule has 0 spiro atoms. The van der Waals surface area contributed by atoms with Crippen LogP contribution in [0.1, 0.15) is 64.0 Å². The summed E-state index contributed by atoms with van der Waals surface area (Å²) in [5.41, 5.74) is 2.09. The number of ether oxygens (including phenoxy) is 1. The minimum Gasteiger partial charge on any atom is -0.381 e. The Bertz CT molecular complexity index is 770. The zero-order chi connectivity index (χ0) is 19.0. The maximum absolute atomic E-state index is 13.0. The molecule has 2 heterocycles. The Kier molecular flexibility index (Phi) is 5.50. The van der Waals surface area contributed by atoms with Crippen molar-refractivity contribution >= 4 is 15.7 Å². The van der Waals surface area contributed by atoms with Gasteiger partial charge in [0.15, 0.2) is 0 Å². The van der Waals surface area contributed by atoms with Crippen LogP contribution in [0.2, 0.25) is 0 Å². The van der Waals surface area contributed by atoms with Gasteiger partial charge in [-0.05, 0) is 49.8 Å². The van der Waals surface area contributed by atoms with Crippen LogP contribution in [0, 0.1) is 11.8 Å². The van der Waals surface area contributed by atoms with Gasteiger partial charge in [0, 0.05) is 42.9 Å². The van der Waals surface area contributed by atoms with Crippen LogP contribution in [-0.4, -0.2) is 38.5 Å². The molecule has 1 N–H and O–H groups in total. The number of nitrogens with zero attached hydrogens (tertiary/aromatic N) is 1. The quantitative estimate of drug-likeness (QED) is 0.817. The second-order valence-corrected chi connectivity index (χ2v) is 10.1. The lowest BCUT2D eigenvalue weighted by molar-refractivity contribution is -0.0438. The minimum absolute atomic E-state index is 0.0208. The Balaban J connectivity index is 1.71. The summed E-state index contributed by atoms with van der Waals surface area (Å²) in [6.07, 6.45) is 7.52. The molecule has 1 aromatic rings. The maximum atomic E-state index is 13.0. The second kappa shape index (κ2) is 7.72. The van der Waals surface area contributed by atoms with Gasteiger partial charge < -0.3 is 10.1 Å². The third-order valence-electron chi connectivity index (χ3n) is 6.73. The van der Waals surface area contributed by atoms with Crippen molar-refractivity contribution in [1.29, 1.82) is 0 Å². The predicted molar refractivity (Wildman–Crippen MR) is 107 cm³/mol. The molecule has 150 valence electrons. The van der Waals surface area contributed by atoms with Gasteiger partial charge in [0.1, 0.15) is 0 Å². The van der Waals surface area contributed by atoms with E-state index in [1.807, 2.05) is 26.0 Å². The van der Waals surface area contributed by atoms with Crippen LogP contribution in [0.15, 0.2) is 23.1 Å². The van der Waals surface area contributed by atoms with Gasteiger partial charge in [-0.3, -0.25) is 0 Å². The second-order valence-electron chi connectivity index (χ2n) is 8.15. The molecular weight excluding hydrogens is 360 g/mol. The van der Waals surface area contributed by atoms with Gasteiger partial charge in [-0.2, -0.15) is 4.31 Å². The summed E-state index contributed by atoms with van der Waals surface area (Å²) >= 11 is 0. The SMILES string of the molecule is CCN(CC)S(=O)(=O)c1ccc2c(c1)C1OCCC[C@H]1[C@@H](C1CCCC1)N2. The number of hydrogen-bond donors (Lipinski definition) is 1. The van der Waals surface area contributed by atoms with Crippen LogP contribution in [0.5, 0.6) is 0 Å². The highest BCUT2D eigenvalue weighted by molar-refractivity contribution is 7.89. The van der Waals surface area contributed by atoms with E-state index in [9.17, 15) is 8.42 Å². The van der Waals surface area contributed by atoms with E-state index in [-0.39, 0.29) is 6.10 Å². The van der Waals surface area contributed by atoms with Gasteiger partial charge in [-0.1, -0.05) is 26.7 Å². The Morgan fingerprint density at radius 3 is 2.56 bits per heavy atom. The van der Waals surface area contributed by atoms with E-state index in [0.29, 0.717) is 35.9 Å². The first-order valence-electron chi connectivity index (χ1n) is 10.6. The van der Waals surface area contributed by atoms with Gasteiger partial charge in [-0.15, -0.1) is 0 Å². The molecule has 2 aliphatic heterocycles. The first-order chi connectivity index (χ1) is 13.1. The summed E-state index contributed by atoms with van der Waals surface area (Å²) in [5, 5.41) is 3.79. The molecule has 6 heteroatoms. The standard InChI is InChI=1S/C21H32N2O3S/c1-3-23(4-2)27(24,25)16-11-12-19-18(14-16)21-17(10-7-13-26-21)20(22-19)15-8-5-6-9-15/h11-12,14-15,17,20-22H,3-10,13H2,1-2H3/t17-,20+,21?/m0/s1. The molecule has 3 atom stereocenters. The summed E-state index contributed by atoms with van der Waals surface area (Å²) in [4.78, 5) is 0.388. The van der Waals surface area contributed by atoms with E-state index in [0.717, 1.165) is 30.7 Å². The first kappa shape index (κ1) is 19.2. The molecule has 3 aliphatic rings. The normalized spacial score (nSPS) is 28.6. The zero-order valence-corrected chi connectivity index (χ0v) is 17.3. The van der Waals surface area contributed by atoms with Crippen molar-refractivity contribution in [1.82, 2.24) is 4.31 Å². The number of hydrogen-bond acceptors (Lipinski definition) is 4. The summed E-state index contributed by atoms with van der Waals surface area (Å²) < 4.78 is 33.7. The maximum Gasteiger partial charge on any atom is 0.243 e. The minimum atomic E-state index is -3.45. The van der Waals surface area contributed by atoms with Gasteiger partial charge in [0.2, 0.25) is 10.0 Å². The third-order valence-corrected chi connectivity index (χ3v) is 8.78. The van der Waals surface area contributed by atoms with E-state index in [1.165, 1.54) is 30.0 Å². The lowest BCUT2D eigenvalue weighted by atomic mass is 9.75. The fourth-order valence-electron chi connectivity index (χ4n) is 5.34. The number of nitrogens with one attached hydrogen (secondary N) is 1. The molecule has 0 amide bonds. The van der Waals surface area contributed by atoms with Crippen LogP contribution in [-0.2, 0) is 14.8 Å². The van der Waals surface area contributed by atoms with Crippen LogP contribution >= 0.6 is 0 Å². The van der Waals surface area contributed by atoms with Crippen molar-refractivity contribution in [3.05, 3.63) is 23.8 Å². The van der Waals surface area contributed by atoms with Crippen molar-refractivity contribution < 1.29 is 13.2 Å². The molecule has 1 saturated heterocycles. The topological polar surface area (TPSA) is 58.6 Å². The number of fused-ring (bicyclic) bond motifs is 3. The van der Waals surface area contributed by atoms with Crippen LogP contribution in [0.25, 0.3) is 0 Å². The average Bonchev–Trinajstić information content (AvgIpc) is 3.22. The molecule has 0 bridgehead atoms. The van der Waals surface area contributed by atoms with E-state index in [2.05, 4.69) is 5.32 Å². The predicted octanol–water partition coefficient (Wildman–Crippen LogP) is 4.17. The molecule has 1 unspecified atom stereocenters. The largest absolute Gasteiger partial charge is 0.381 e. The number of rotatable bonds is 5. The fraction of sp³-hybridized carbons (Fsp3) is 0.714. The molecule has 27 heavy (non-hydrogen) atoms. The Hall–Kier alpha value is -1.11. The van der Waals surface area contributed by atoms with E-state index in [1.54, 1.807) is 6.07 Å². The van der Waals surface area contributed by atoms with Crippen molar-refractivity contribution in [3.8, 4) is 0 Å². The van der Waals surface area contributed by atoms with E-state index in [4.69, 9.17) is 4.74 Å². The highest BCUT2D eigenvalue weighted by atomic mass is 32.2. The van der Waals surface area contributed by atoms with Crippen LogP contribution in [0.3, 0.4) is 0 Å². The molecule has 4 rings (SSSR count). The van der Waals surface area contributed by atoms with E-state index >= 15 is 0 Å². The third kappa shape index (κ3) is 3.40.